The van der Waals surface area contributed by atoms with Crippen LogP contribution in [0, 0.1) is 29.6 Å². The van der Waals surface area contributed by atoms with E-state index in [1.54, 1.807) is 39.7 Å². The number of amides is 1. The summed E-state index contributed by atoms with van der Waals surface area (Å²) in [5.41, 5.74) is -0.403. The van der Waals surface area contributed by atoms with Gasteiger partial charge in [-0.15, -0.1) is 0 Å². The largest absolute Gasteiger partial charge is 0.458 e. The Morgan fingerprint density at radius 1 is 0.929 bits per heavy atom. The number of rotatable bonds is 9. The van der Waals surface area contributed by atoms with Crippen molar-refractivity contribution < 1.29 is 42.9 Å². The minimum absolute atomic E-state index is 0.0485. The summed E-state index contributed by atoms with van der Waals surface area (Å²) < 4.78 is 31.6. The van der Waals surface area contributed by atoms with Crippen LogP contribution in [0.5, 0.6) is 0 Å². The van der Waals surface area contributed by atoms with Gasteiger partial charge in [-0.05, 0) is 98.5 Å². The number of fused-ring (bicyclic) bond motifs is 2. The van der Waals surface area contributed by atoms with Crippen molar-refractivity contribution in [3.63, 3.8) is 0 Å². The predicted octanol–water partition coefficient (Wildman–Crippen LogP) is 6.65. The van der Waals surface area contributed by atoms with E-state index in [1.165, 1.54) is 5.56 Å². The number of hydrogen-bond donors (Lipinski definition) is 0. The van der Waals surface area contributed by atoms with Gasteiger partial charge in [0, 0.05) is 55.0 Å². The number of esters is 1. The van der Waals surface area contributed by atoms with Crippen molar-refractivity contribution in [2.75, 3.05) is 27.7 Å². The Morgan fingerprint density at radius 2 is 1.62 bits per heavy atom. The molecule has 0 spiro atoms. The fourth-order valence-electron chi connectivity index (χ4n) is 9.62. The molecule has 1 aromatic carbocycles. The standard InChI is InChI=1S/C44H65N3O9/c1-25-24-43(8,52-12)39(55-41-27(3)35(46(10)11)23-26(2)53-41)29(5)37(49)30(6)40(50)54-31(7)44(9)38(28(4)36(25)48)47(42(51)56-44)22-16-15-17-32-20-21-45-34-19-14-13-18-33(32)34/h13-14,18-21,25-31,35,38-39,41H,15-17,22-24H2,1-12H3/t25-,26-,27-,28-,29+,30-,31-,35+,38?,39-,41+,43-,44-/m1/s1. The highest BCUT2D eigenvalue weighted by atomic mass is 16.7. The summed E-state index contributed by atoms with van der Waals surface area (Å²) in [6.07, 6.45) is 1.92. The molecule has 0 N–H and O–H groups in total. The molecular weight excluding hydrogens is 714 g/mol. The number of benzene rings is 1. The minimum atomic E-state index is -1.37. The second-order valence-corrected chi connectivity index (χ2v) is 17.4. The van der Waals surface area contributed by atoms with Crippen molar-refractivity contribution in [1.29, 1.82) is 0 Å². The minimum Gasteiger partial charge on any atom is -0.458 e. The third kappa shape index (κ3) is 8.68. The fraction of sp³-hybridized carbons (Fsp3) is 0.705. The van der Waals surface area contributed by atoms with Crippen LogP contribution in [0.4, 0.5) is 4.79 Å². The van der Waals surface area contributed by atoms with Gasteiger partial charge in [-0.25, -0.2) is 4.79 Å². The van der Waals surface area contributed by atoms with Crippen molar-refractivity contribution in [1.82, 2.24) is 14.8 Å². The Bertz CT molecular complexity index is 1730. The summed E-state index contributed by atoms with van der Waals surface area (Å²) >= 11 is 0. The van der Waals surface area contributed by atoms with Gasteiger partial charge in [-0.2, -0.15) is 0 Å². The van der Waals surface area contributed by atoms with E-state index in [9.17, 15) is 19.2 Å². The molecule has 1 amide bonds. The molecule has 5 rings (SSSR count). The van der Waals surface area contributed by atoms with Crippen LogP contribution in [0.3, 0.4) is 0 Å². The lowest BCUT2D eigenvalue weighted by Gasteiger charge is -2.47. The zero-order valence-electron chi connectivity index (χ0n) is 35.6. The SMILES string of the molecule is CO[C@]1(C)C[C@@H](C)C(=O)[C@@H](C)C2N(CCCCc3ccnc4ccccc34)C(=O)O[C@]2(C)[C@@H](C)OC(=O)[C@H](C)C(=O)[C@H](C)[C@H]1O[C@@H]1O[C@H](C)C[C@H](N(C)C)[C@H]1C. The van der Waals surface area contributed by atoms with Crippen molar-refractivity contribution in [3.05, 3.63) is 42.1 Å². The van der Waals surface area contributed by atoms with Gasteiger partial charge in [-0.1, -0.05) is 45.9 Å². The summed E-state index contributed by atoms with van der Waals surface area (Å²) in [4.78, 5) is 64.9. The first-order chi connectivity index (χ1) is 26.3. The molecule has 310 valence electrons. The van der Waals surface area contributed by atoms with Crippen LogP contribution in [0.25, 0.3) is 10.9 Å². The number of Topliss-reactive ketones (excluding diaryl/α,β-unsaturated/α-hetero) is 2. The summed E-state index contributed by atoms with van der Waals surface area (Å²) in [5, 5.41) is 1.10. The van der Waals surface area contributed by atoms with Crippen molar-refractivity contribution >= 4 is 34.5 Å². The Kier molecular flexibility index (Phi) is 13.7. The number of methoxy groups -OCH3 is 1. The molecule has 3 aliphatic heterocycles. The maximum atomic E-state index is 14.7. The Morgan fingerprint density at radius 3 is 2.30 bits per heavy atom. The van der Waals surface area contributed by atoms with E-state index in [0.29, 0.717) is 13.0 Å². The van der Waals surface area contributed by atoms with E-state index in [4.69, 9.17) is 23.7 Å². The lowest BCUT2D eigenvalue weighted by Crippen LogP contribution is -2.59. The zero-order chi connectivity index (χ0) is 41.3. The second kappa shape index (κ2) is 17.6. The summed E-state index contributed by atoms with van der Waals surface area (Å²) in [7, 11) is 5.63. The van der Waals surface area contributed by atoms with Crippen LogP contribution < -0.4 is 0 Å². The normalized spacial score (nSPS) is 37.7. The molecule has 0 aliphatic carbocycles. The van der Waals surface area contributed by atoms with E-state index in [1.807, 2.05) is 72.3 Å². The van der Waals surface area contributed by atoms with Gasteiger partial charge in [0.25, 0.3) is 0 Å². The van der Waals surface area contributed by atoms with E-state index >= 15 is 0 Å². The predicted molar refractivity (Wildman–Crippen MR) is 213 cm³/mol. The number of nitrogens with zero attached hydrogens (tertiary/aromatic N) is 3. The van der Waals surface area contributed by atoms with Gasteiger partial charge < -0.3 is 33.5 Å². The molecule has 3 fully saturated rings. The molecule has 3 aliphatic rings. The number of ketones is 2. The van der Waals surface area contributed by atoms with Gasteiger partial charge in [0.2, 0.25) is 0 Å². The summed E-state index contributed by atoms with van der Waals surface area (Å²) in [6, 6.07) is 9.48. The molecule has 4 heterocycles. The highest BCUT2D eigenvalue weighted by Gasteiger charge is 2.59. The van der Waals surface area contributed by atoms with Crippen LogP contribution in [0.1, 0.15) is 93.6 Å². The topological polar surface area (TPSA) is 134 Å². The van der Waals surface area contributed by atoms with Crippen LogP contribution >= 0.6 is 0 Å². The molecule has 0 bridgehead atoms. The van der Waals surface area contributed by atoms with Crippen molar-refractivity contribution in [2.45, 2.75) is 142 Å². The quantitative estimate of drug-likeness (QED) is 0.154. The number of para-hydroxylation sites is 1. The Labute approximate surface area is 333 Å². The molecule has 56 heavy (non-hydrogen) atoms. The molecule has 0 saturated carbocycles. The van der Waals surface area contributed by atoms with Crippen molar-refractivity contribution in [2.24, 2.45) is 29.6 Å². The van der Waals surface area contributed by atoms with E-state index in [2.05, 4.69) is 22.9 Å². The number of cyclic esters (lactones) is 1. The molecule has 2 aromatic rings. The Balaban J connectivity index is 1.44. The highest BCUT2D eigenvalue weighted by molar-refractivity contribution is 6.00. The van der Waals surface area contributed by atoms with Crippen molar-refractivity contribution in [3.8, 4) is 0 Å². The lowest BCUT2D eigenvalue weighted by molar-refractivity contribution is -0.280. The molecular formula is C44H65N3O9. The average Bonchev–Trinajstić information content (AvgIpc) is 3.43. The average molecular weight is 780 g/mol. The van der Waals surface area contributed by atoms with E-state index in [0.717, 1.165) is 30.2 Å². The number of carbonyl (C=O) groups excluding carboxylic acids is 4. The number of pyridine rings is 1. The van der Waals surface area contributed by atoms with Gasteiger partial charge in [-0.3, -0.25) is 19.4 Å². The highest BCUT2D eigenvalue weighted by Crippen LogP contribution is 2.43. The van der Waals surface area contributed by atoms with Crippen LogP contribution in [-0.2, 0) is 44.5 Å². The number of aryl methyl sites for hydroxylation is 1. The molecule has 12 heteroatoms. The maximum absolute atomic E-state index is 14.7. The van der Waals surface area contributed by atoms with E-state index < -0.39 is 71.5 Å². The maximum Gasteiger partial charge on any atom is 0.410 e. The number of carbonyl (C=O) groups is 4. The number of aromatic nitrogens is 1. The number of unbranched alkanes of at least 4 members (excludes halogenated alkanes) is 1. The molecule has 1 aromatic heterocycles. The van der Waals surface area contributed by atoms with Gasteiger partial charge in [0.1, 0.15) is 17.8 Å². The third-order valence-electron chi connectivity index (χ3n) is 13.2. The molecule has 13 atom stereocenters. The first-order valence-electron chi connectivity index (χ1n) is 20.5. The number of ether oxygens (including phenoxy) is 5. The first-order valence-corrected chi connectivity index (χ1v) is 20.5. The van der Waals surface area contributed by atoms with Crippen LogP contribution in [0.15, 0.2) is 36.5 Å². The first kappa shape index (κ1) is 43.7. The zero-order valence-corrected chi connectivity index (χ0v) is 35.6. The molecule has 1 unspecified atom stereocenters. The van der Waals surface area contributed by atoms with Crippen LogP contribution in [0.2, 0.25) is 0 Å². The fourth-order valence-corrected chi connectivity index (χ4v) is 9.62. The summed E-state index contributed by atoms with van der Waals surface area (Å²) in [5.74, 6) is -4.52. The number of hydrogen-bond acceptors (Lipinski definition) is 11. The summed E-state index contributed by atoms with van der Waals surface area (Å²) in [6.45, 7) is 16.6. The smallest absolute Gasteiger partial charge is 0.410 e. The van der Waals surface area contributed by atoms with E-state index in [-0.39, 0.29) is 36.1 Å². The second-order valence-electron chi connectivity index (χ2n) is 17.4. The lowest BCUT2D eigenvalue weighted by atomic mass is 9.73. The molecule has 3 saturated heterocycles. The molecule has 12 nitrogen and oxygen atoms in total. The Hall–Kier alpha value is -3.45. The van der Waals surface area contributed by atoms with Crippen LogP contribution in [-0.4, -0.2) is 114 Å². The third-order valence-corrected chi connectivity index (χ3v) is 13.2. The molecule has 0 radical (unpaired) electrons. The van der Waals surface area contributed by atoms with Gasteiger partial charge >= 0.3 is 12.1 Å². The van der Waals surface area contributed by atoms with Gasteiger partial charge in [0.05, 0.1) is 29.4 Å². The monoisotopic (exact) mass is 779 g/mol. The van der Waals surface area contributed by atoms with Gasteiger partial charge in [0.15, 0.2) is 17.7 Å².